The molecule has 0 saturated heterocycles. The van der Waals surface area contributed by atoms with Crippen LogP contribution in [0.1, 0.15) is 0 Å². The second kappa shape index (κ2) is 9.76. The van der Waals surface area contributed by atoms with Crippen LogP contribution < -0.4 is 0 Å². The van der Waals surface area contributed by atoms with Crippen LogP contribution in [0.2, 0.25) is 0 Å². The highest BCUT2D eigenvalue weighted by Gasteiger charge is 2.18. The van der Waals surface area contributed by atoms with Gasteiger partial charge < -0.3 is 0 Å². The molecular formula is C46H28. The minimum absolute atomic E-state index is 1.27. The Morgan fingerprint density at radius 3 is 0.761 bits per heavy atom. The molecule has 0 amide bonds. The maximum absolute atomic E-state index is 2.46. The Morgan fingerprint density at radius 1 is 0.174 bits per heavy atom. The van der Waals surface area contributed by atoms with Crippen LogP contribution in [-0.4, -0.2) is 0 Å². The van der Waals surface area contributed by atoms with Crippen molar-refractivity contribution in [3.63, 3.8) is 0 Å². The molecule has 0 atom stereocenters. The molecule has 0 heterocycles. The molecule has 10 rings (SSSR count). The number of fused-ring (bicyclic) bond motifs is 11. The van der Waals surface area contributed by atoms with Gasteiger partial charge in [0.2, 0.25) is 0 Å². The standard InChI is InChI=1S/C46H28/c1-3-15-31-29(13-1)25-41(35-19-7-5-17-33(31)35)43-27-45-40-24-12-10-22-38(40)44(28-46(45)39-23-11-9-21-37(39)43)42-26-30-14-2-4-16-32(30)34-18-6-8-20-36(34)42/h1-28H. The SMILES string of the molecule is c1ccc2c(c1)cc(-c1cc3c4ccccc4c(-c4cc5ccccc5c5ccccc45)cc3c3ccccc13)c1ccccc12. The Bertz CT molecular complexity index is 2660. The molecule has 46 heavy (non-hydrogen) atoms. The normalized spacial score (nSPS) is 11.9. The zero-order chi connectivity index (χ0) is 30.2. The first-order valence-electron chi connectivity index (χ1n) is 16.0. The van der Waals surface area contributed by atoms with Gasteiger partial charge in [0.15, 0.2) is 0 Å². The van der Waals surface area contributed by atoms with E-state index in [0.29, 0.717) is 0 Å². The highest BCUT2D eigenvalue weighted by molar-refractivity contribution is 6.27. The second-order valence-corrected chi connectivity index (χ2v) is 12.4. The summed E-state index contributed by atoms with van der Waals surface area (Å²) in [5.74, 6) is 0. The van der Waals surface area contributed by atoms with Crippen LogP contribution in [0, 0.1) is 0 Å². The molecule has 0 heteroatoms. The Balaban J connectivity index is 1.36. The van der Waals surface area contributed by atoms with E-state index in [1.165, 1.54) is 97.7 Å². The van der Waals surface area contributed by atoms with Gasteiger partial charge in [-0.2, -0.15) is 0 Å². The van der Waals surface area contributed by atoms with E-state index < -0.39 is 0 Å². The first-order chi connectivity index (χ1) is 22.8. The molecule has 10 aromatic carbocycles. The zero-order valence-corrected chi connectivity index (χ0v) is 25.2. The molecule has 10 aromatic rings. The third-order valence-electron chi connectivity index (χ3n) is 10.00. The smallest absolute Gasteiger partial charge is 0.00923 e. The van der Waals surface area contributed by atoms with E-state index in [2.05, 4.69) is 170 Å². The van der Waals surface area contributed by atoms with E-state index in [1.54, 1.807) is 0 Å². The summed E-state index contributed by atoms with van der Waals surface area (Å²) in [5.41, 5.74) is 5.11. The van der Waals surface area contributed by atoms with Gasteiger partial charge in [-0.1, -0.05) is 146 Å². The molecule has 0 aliphatic carbocycles. The highest BCUT2D eigenvalue weighted by atomic mass is 14.2. The summed E-state index contributed by atoms with van der Waals surface area (Å²) in [6, 6.07) is 62.9. The van der Waals surface area contributed by atoms with Crippen molar-refractivity contribution < 1.29 is 0 Å². The van der Waals surface area contributed by atoms with Gasteiger partial charge in [0.25, 0.3) is 0 Å². The Kier molecular flexibility index (Phi) is 5.38. The molecule has 0 saturated carbocycles. The zero-order valence-electron chi connectivity index (χ0n) is 25.2. The Labute approximate surface area is 266 Å². The van der Waals surface area contributed by atoms with E-state index in [0.717, 1.165) is 0 Å². The molecule has 0 aliphatic heterocycles. The van der Waals surface area contributed by atoms with Crippen LogP contribution >= 0.6 is 0 Å². The van der Waals surface area contributed by atoms with Gasteiger partial charge in [0, 0.05) is 0 Å². The lowest BCUT2D eigenvalue weighted by atomic mass is 9.85. The fourth-order valence-electron chi connectivity index (χ4n) is 7.95. The predicted octanol–water partition coefficient (Wildman–Crippen LogP) is 13.1. The second-order valence-electron chi connectivity index (χ2n) is 12.4. The van der Waals surface area contributed by atoms with Gasteiger partial charge in [-0.3, -0.25) is 0 Å². The van der Waals surface area contributed by atoms with Crippen LogP contribution in [0.4, 0.5) is 0 Å². The summed E-state index contributed by atoms with van der Waals surface area (Å²) in [6.07, 6.45) is 0. The van der Waals surface area contributed by atoms with Crippen molar-refractivity contribution in [2.45, 2.75) is 0 Å². The van der Waals surface area contributed by atoms with E-state index in [4.69, 9.17) is 0 Å². The van der Waals surface area contributed by atoms with Crippen molar-refractivity contribution >= 4 is 75.4 Å². The first-order valence-corrected chi connectivity index (χ1v) is 16.0. The molecule has 212 valence electrons. The fourth-order valence-corrected chi connectivity index (χ4v) is 7.95. The van der Waals surface area contributed by atoms with Crippen LogP contribution in [0.15, 0.2) is 170 Å². The average molecular weight is 581 g/mol. The largest absolute Gasteiger partial charge is 0.0616 e. The monoisotopic (exact) mass is 580 g/mol. The van der Waals surface area contributed by atoms with Crippen molar-refractivity contribution in [1.82, 2.24) is 0 Å². The number of benzene rings is 10. The molecule has 0 aliphatic rings. The van der Waals surface area contributed by atoms with Crippen molar-refractivity contribution in [3.05, 3.63) is 170 Å². The summed E-state index contributed by atoms with van der Waals surface area (Å²) in [6.45, 7) is 0. The number of hydrogen-bond donors (Lipinski definition) is 0. The quantitative estimate of drug-likeness (QED) is 0.178. The van der Waals surface area contributed by atoms with Crippen LogP contribution in [-0.2, 0) is 0 Å². The van der Waals surface area contributed by atoms with Gasteiger partial charge in [-0.05, 0) is 122 Å². The van der Waals surface area contributed by atoms with E-state index >= 15 is 0 Å². The predicted molar refractivity (Wildman–Crippen MR) is 200 cm³/mol. The Morgan fingerprint density at radius 2 is 0.413 bits per heavy atom. The maximum atomic E-state index is 2.46. The lowest BCUT2D eigenvalue weighted by Crippen LogP contribution is -1.91. The van der Waals surface area contributed by atoms with Gasteiger partial charge in [-0.25, -0.2) is 0 Å². The minimum atomic E-state index is 1.27. The third kappa shape index (κ3) is 3.62. The van der Waals surface area contributed by atoms with E-state index in [-0.39, 0.29) is 0 Å². The lowest BCUT2D eigenvalue weighted by molar-refractivity contribution is 1.71. The van der Waals surface area contributed by atoms with Gasteiger partial charge in [0.05, 0.1) is 0 Å². The van der Waals surface area contributed by atoms with Gasteiger partial charge in [-0.15, -0.1) is 0 Å². The van der Waals surface area contributed by atoms with Crippen LogP contribution in [0.25, 0.3) is 97.7 Å². The highest BCUT2D eigenvalue weighted by Crippen LogP contribution is 2.45. The summed E-state index contributed by atoms with van der Waals surface area (Å²) in [4.78, 5) is 0. The van der Waals surface area contributed by atoms with E-state index in [1.807, 2.05) is 0 Å². The van der Waals surface area contributed by atoms with Crippen LogP contribution in [0.3, 0.4) is 0 Å². The molecule has 0 fully saturated rings. The van der Waals surface area contributed by atoms with Crippen molar-refractivity contribution in [3.8, 4) is 22.3 Å². The van der Waals surface area contributed by atoms with E-state index in [9.17, 15) is 0 Å². The number of rotatable bonds is 2. The fraction of sp³-hybridized carbons (Fsp3) is 0. The van der Waals surface area contributed by atoms with Crippen molar-refractivity contribution in [1.29, 1.82) is 0 Å². The molecule has 0 spiro atoms. The lowest BCUT2D eigenvalue weighted by Gasteiger charge is -2.19. The molecular weight excluding hydrogens is 553 g/mol. The minimum Gasteiger partial charge on any atom is -0.0616 e. The number of hydrogen-bond acceptors (Lipinski definition) is 0. The Hall–Kier alpha value is -5.98. The van der Waals surface area contributed by atoms with Gasteiger partial charge >= 0.3 is 0 Å². The summed E-state index contributed by atoms with van der Waals surface area (Å²) >= 11 is 0. The summed E-state index contributed by atoms with van der Waals surface area (Å²) in [7, 11) is 0. The van der Waals surface area contributed by atoms with Crippen molar-refractivity contribution in [2.75, 3.05) is 0 Å². The molecule has 0 radical (unpaired) electrons. The molecule has 0 aromatic heterocycles. The van der Waals surface area contributed by atoms with Gasteiger partial charge in [0.1, 0.15) is 0 Å². The van der Waals surface area contributed by atoms with Crippen LogP contribution in [0.5, 0.6) is 0 Å². The third-order valence-corrected chi connectivity index (χ3v) is 10.00. The van der Waals surface area contributed by atoms with Crippen molar-refractivity contribution in [2.24, 2.45) is 0 Å². The maximum Gasteiger partial charge on any atom is -0.00923 e. The molecule has 0 unspecified atom stereocenters. The molecule has 0 nitrogen and oxygen atoms in total. The topological polar surface area (TPSA) is 0 Å². The average Bonchev–Trinajstić information content (AvgIpc) is 3.13. The molecule has 0 bridgehead atoms. The summed E-state index contributed by atoms with van der Waals surface area (Å²) in [5, 5.41) is 18.0. The summed E-state index contributed by atoms with van der Waals surface area (Å²) < 4.78 is 0. The first kappa shape index (κ1) is 25.4. The molecule has 0 N–H and O–H groups in total.